The monoisotopic (exact) mass is 671 g/mol. The van der Waals surface area contributed by atoms with Crippen LogP contribution in [0.5, 0.6) is 5.75 Å². The molecule has 13 heteroatoms. The zero-order chi connectivity index (χ0) is 34.6. The van der Waals surface area contributed by atoms with E-state index in [0.29, 0.717) is 17.2 Å². The number of ether oxygens (including phenoxy) is 2. The van der Waals surface area contributed by atoms with E-state index in [1.165, 1.54) is 11.9 Å². The molecule has 3 radical (unpaired) electrons. The summed E-state index contributed by atoms with van der Waals surface area (Å²) in [4.78, 5) is 70.6. The van der Waals surface area contributed by atoms with Crippen LogP contribution < -0.4 is 15.4 Å². The molecule has 2 aliphatic heterocycles. The molecule has 4 amide bonds. The average Bonchev–Trinajstić information content (AvgIpc) is 3.55. The van der Waals surface area contributed by atoms with Gasteiger partial charge in [0.15, 0.2) is 0 Å². The second kappa shape index (κ2) is 14.6. The Balaban J connectivity index is 1.61. The van der Waals surface area contributed by atoms with Gasteiger partial charge < -0.3 is 35.0 Å². The lowest BCUT2D eigenvalue weighted by molar-refractivity contribution is -0.157. The fourth-order valence-electron chi connectivity index (χ4n) is 6.17. The largest absolute Gasteiger partial charge is 0.491 e. The van der Waals surface area contributed by atoms with Crippen LogP contribution in [0.2, 0.25) is 0 Å². The topological polar surface area (TPSA) is 155 Å². The lowest BCUT2D eigenvalue weighted by Gasteiger charge is -2.42. The van der Waals surface area contributed by atoms with E-state index in [-0.39, 0.29) is 43.4 Å². The molecule has 0 aliphatic carbocycles. The third-order valence-electron chi connectivity index (χ3n) is 8.59. The minimum absolute atomic E-state index is 0.0705. The zero-order valence-corrected chi connectivity index (χ0v) is 28.1. The van der Waals surface area contributed by atoms with Crippen molar-refractivity contribution in [3.8, 4) is 5.75 Å². The van der Waals surface area contributed by atoms with Gasteiger partial charge in [-0.3, -0.25) is 19.2 Å². The summed E-state index contributed by atoms with van der Waals surface area (Å²) in [7, 11) is 5.00. The summed E-state index contributed by atoms with van der Waals surface area (Å²) < 4.78 is 12.0. The van der Waals surface area contributed by atoms with Gasteiger partial charge in [0.05, 0.1) is 34.9 Å². The Labute approximate surface area is 282 Å². The number of carbonyl (C=O) groups excluding carboxylic acids is 4. The van der Waals surface area contributed by atoms with E-state index >= 15 is 0 Å². The number of rotatable bonds is 5. The van der Waals surface area contributed by atoms with Crippen molar-refractivity contribution in [1.82, 2.24) is 20.4 Å². The molecule has 48 heavy (non-hydrogen) atoms. The highest BCUT2D eigenvalue weighted by Gasteiger charge is 2.48. The maximum atomic E-state index is 14.3. The van der Waals surface area contributed by atoms with Crippen LogP contribution in [0.4, 0.5) is 0 Å². The lowest BCUT2D eigenvalue weighted by Crippen LogP contribution is -2.64. The molecule has 2 heterocycles. The molecule has 1 unspecified atom stereocenters. The fourth-order valence-corrected chi connectivity index (χ4v) is 6.84. The Hall–Kier alpha value is -4.75. The predicted octanol–water partition coefficient (Wildman–Crippen LogP) is 2.09. The third kappa shape index (κ3) is 7.36. The normalized spacial score (nSPS) is 24.4. The van der Waals surface area contributed by atoms with Gasteiger partial charge in [-0.1, -0.05) is 74.5 Å². The molecule has 4 atom stereocenters. The molecule has 251 valence electrons. The van der Waals surface area contributed by atoms with Gasteiger partial charge in [0.2, 0.25) is 18.0 Å². The van der Waals surface area contributed by atoms with Crippen LogP contribution in [0.3, 0.4) is 0 Å². The molecule has 3 N–H and O–H groups in total. The standard InChI is InChI=1S/C35H39N4O8Si/c1-21(2)19-35(48)34(45)39-15-16-46-32(39)31(42)36-24(17-22-9-5-4-6-10-22)20-47-27-14-13-23-11-7-8-12-25(23)29(27)30(41)37-26(33(43)44)18-28(40)38(35)3/h4-14,21,24,26,32H,15-20H2,1-3H3,(H,36,42)(H,37,41)(H,43,44)/t24-,26+,32?,35+/m1/s1. The first-order valence-electron chi connectivity index (χ1n) is 15.9. The van der Waals surface area contributed by atoms with Gasteiger partial charge in [-0.2, -0.15) is 0 Å². The minimum atomic E-state index is -1.64. The van der Waals surface area contributed by atoms with Gasteiger partial charge in [0.1, 0.15) is 23.6 Å². The van der Waals surface area contributed by atoms with Crippen molar-refractivity contribution in [2.45, 2.75) is 56.6 Å². The van der Waals surface area contributed by atoms with Crippen molar-refractivity contribution in [2.24, 2.45) is 5.92 Å². The summed E-state index contributed by atoms with van der Waals surface area (Å²) >= 11 is 0. The second-order valence-corrected chi connectivity index (χ2v) is 13.4. The number of likely N-dealkylation sites (N-methyl/N-ethyl adjacent to an activating group) is 1. The third-order valence-corrected chi connectivity index (χ3v) is 9.35. The number of nitrogens with one attached hydrogen (secondary N) is 2. The number of hydrogen-bond donors (Lipinski definition) is 3. The molecular formula is C35H39N4O8Si. The van der Waals surface area contributed by atoms with Gasteiger partial charge >= 0.3 is 5.97 Å². The Bertz CT molecular complexity index is 1700. The van der Waals surface area contributed by atoms with Gasteiger partial charge in [0, 0.05) is 13.6 Å². The second-order valence-electron chi connectivity index (χ2n) is 12.6. The van der Waals surface area contributed by atoms with E-state index in [4.69, 9.17) is 9.47 Å². The van der Waals surface area contributed by atoms with E-state index in [0.717, 1.165) is 10.5 Å². The molecule has 2 aliphatic rings. The highest BCUT2D eigenvalue weighted by Crippen LogP contribution is 2.30. The molecule has 0 spiro atoms. The Morgan fingerprint density at radius 3 is 2.44 bits per heavy atom. The van der Waals surface area contributed by atoms with E-state index in [1.54, 1.807) is 24.3 Å². The molecule has 1 fully saturated rings. The summed E-state index contributed by atoms with van der Waals surface area (Å²) in [6.07, 6.45) is -1.43. The number of nitrogens with zero attached hydrogens (tertiary/aromatic N) is 2. The number of hydrogen-bond acceptors (Lipinski definition) is 7. The smallest absolute Gasteiger partial charge is 0.326 e. The van der Waals surface area contributed by atoms with Crippen LogP contribution in [0.1, 0.15) is 42.6 Å². The molecule has 0 aromatic heterocycles. The summed E-state index contributed by atoms with van der Waals surface area (Å²) in [6.45, 7) is 3.86. The summed E-state index contributed by atoms with van der Waals surface area (Å²) in [5, 5.41) is 15.2. The SMILES string of the molecule is CC(C)C[C@]1([Si])C(=O)N2CCOC2C(=O)N[C@H](Cc2ccccc2)COc2ccc3ccccc3c2C(=O)N[C@H](C(=O)O)CC(=O)N1C. The van der Waals surface area contributed by atoms with Crippen molar-refractivity contribution in [2.75, 3.05) is 26.8 Å². The van der Waals surface area contributed by atoms with Crippen LogP contribution in [-0.2, 0) is 30.3 Å². The zero-order valence-electron chi connectivity index (χ0n) is 27.1. The van der Waals surface area contributed by atoms with Gasteiger partial charge in [-0.25, -0.2) is 4.79 Å². The Morgan fingerprint density at radius 1 is 1.02 bits per heavy atom. The van der Waals surface area contributed by atoms with E-state index in [9.17, 15) is 29.1 Å². The summed E-state index contributed by atoms with van der Waals surface area (Å²) in [5.74, 6) is -3.98. The number of aliphatic carboxylic acids is 1. The maximum absolute atomic E-state index is 14.3. The maximum Gasteiger partial charge on any atom is 0.326 e. The first kappa shape index (κ1) is 34.6. The quantitative estimate of drug-likeness (QED) is 0.349. The van der Waals surface area contributed by atoms with Crippen LogP contribution >= 0.6 is 0 Å². The molecule has 5 rings (SSSR count). The summed E-state index contributed by atoms with van der Waals surface area (Å²) in [5.41, 5.74) is 0.999. The molecule has 3 aromatic carbocycles. The number of amides is 4. The number of carboxylic acids is 1. The molecule has 3 aromatic rings. The fraction of sp³-hybridized carbons (Fsp3) is 0.400. The predicted molar refractivity (Wildman–Crippen MR) is 177 cm³/mol. The van der Waals surface area contributed by atoms with Crippen LogP contribution in [0, 0.1) is 5.92 Å². The van der Waals surface area contributed by atoms with Crippen LogP contribution in [0.25, 0.3) is 10.8 Å². The van der Waals surface area contributed by atoms with Gasteiger partial charge in [-0.05, 0) is 41.2 Å². The number of carboxylic acid groups (broad SMARTS) is 1. The number of fused-ring (bicyclic) bond motifs is 4. The first-order valence-corrected chi connectivity index (χ1v) is 16.4. The summed E-state index contributed by atoms with van der Waals surface area (Å²) in [6, 6.07) is 17.7. The molecule has 0 bridgehead atoms. The van der Waals surface area contributed by atoms with Crippen LogP contribution in [0.15, 0.2) is 66.7 Å². The minimum Gasteiger partial charge on any atom is -0.491 e. The van der Waals surface area contributed by atoms with Crippen LogP contribution in [-0.4, -0.2) is 105 Å². The first-order chi connectivity index (χ1) is 22.9. The van der Waals surface area contributed by atoms with Gasteiger partial charge in [-0.15, -0.1) is 0 Å². The Kier molecular flexibility index (Phi) is 10.5. The average molecular weight is 672 g/mol. The molecule has 0 saturated carbocycles. The van der Waals surface area contributed by atoms with Gasteiger partial charge in [0.25, 0.3) is 11.8 Å². The van der Waals surface area contributed by atoms with Crippen molar-refractivity contribution in [1.29, 1.82) is 0 Å². The van der Waals surface area contributed by atoms with E-state index in [1.807, 2.05) is 56.3 Å². The van der Waals surface area contributed by atoms with E-state index in [2.05, 4.69) is 20.9 Å². The molecule has 1 saturated heterocycles. The van der Waals surface area contributed by atoms with Crippen molar-refractivity contribution >= 4 is 50.6 Å². The number of carbonyl (C=O) groups is 5. The van der Waals surface area contributed by atoms with Crippen molar-refractivity contribution in [3.05, 3.63) is 77.9 Å². The van der Waals surface area contributed by atoms with Crippen molar-refractivity contribution in [3.63, 3.8) is 0 Å². The Morgan fingerprint density at radius 2 is 1.73 bits per heavy atom. The highest BCUT2D eigenvalue weighted by molar-refractivity contribution is 6.29. The molecular weight excluding hydrogens is 632 g/mol. The lowest BCUT2D eigenvalue weighted by atomic mass is 9.99. The van der Waals surface area contributed by atoms with E-state index < -0.39 is 59.5 Å². The number of benzene rings is 3. The van der Waals surface area contributed by atoms with Crippen molar-refractivity contribution < 1.29 is 38.6 Å². The molecule has 12 nitrogen and oxygen atoms in total. The highest BCUT2D eigenvalue weighted by atomic mass is 28.1.